The van der Waals surface area contributed by atoms with Crippen LogP contribution in [0.3, 0.4) is 0 Å². The van der Waals surface area contributed by atoms with Gasteiger partial charge in [0.05, 0.1) is 23.3 Å². The molecular formula is C9H16ClNO2S. The topological polar surface area (TPSA) is 38.3 Å². The summed E-state index contributed by atoms with van der Waals surface area (Å²) in [6.45, 7) is 2.85. The summed E-state index contributed by atoms with van der Waals surface area (Å²) in [6, 6.07) is 0. The summed E-state index contributed by atoms with van der Waals surface area (Å²) in [5.74, 6) is -0.375. The van der Waals surface area contributed by atoms with Crippen LogP contribution in [-0.2, 0) is 9.53 Å². The Morgan fingerprint density at radius 2 is 2.43 bits per heavy atom. The molecule has 0 aromatic rings. The van der Waals surface area contributed by atoms with Gasteiger partial charge in [0, 0.05) is 6.54 Å². The van der Waals surface area contributed by atoms with Crippen molar-refractivity contribution in [2.75, 3.05) is 19.4 Å². The molecule has 14 heavy (non-hydrogen) atoms. The van der Waals surface area contributed by atoms with Gasteiger partial charge < -0.3 is 10.1 Å². The van der Waals surface area contributed by atoms with E-state index in [0.29, 0.717) is 18.5 Å². The fourth-order valence-electron chi connectivity index (χ4n) is 1.50. The molecule has 0 radical (unpaired) electrons. The summed E-state index contributed by atoms with van der Waals surface area (Å²) < 4.78 is 4.95. The van der Waals surface area contributed by atoms with Crippen molar-refractivity contribution in [3.05, 3.63) is 0 Å². The standard InChI is InChI=1S/C9H16ClNO2S/c1-3-13-9(12)6-5-11-8(14-2)4-7(6)10/h6-8,11H,3-5H2,1-2H3. The fraction of sp³-hybridized carbons (Fsp3) is 0.889. The fourth-order valence-corrected chi connectivity index (χ4v) is 2.64. The largest absolute Gasteiger partial charge is 0.466 e. The van der Waals surface area contributed by atoms with Gasteiger partial charge >= 0.3 is 5.97 Å². The van der Waals surface area contributed by atoms with E-state index in [0.717, 1.165) is 6.42 Å². The van der Waals surface area contributed by atoms with Gasteiger partial charge in [0.15, 0.2) is 0 Å². The molecule has 1 saturated heterocycles. The number of nitrogens with one attached hydrogen (secondary N) is 1. The van der Waals surface area contributed by atoms with Crippen molar-refractivity contribution in [1.29, 1.82) is 0 Å². The molecule has 0 saturated carbocycles. The molecule has 1 aliphatic rings. The van der Waals surface area contributed by atoms with Gasteiger partial charge in [-0.25, -0.2) is 0 Å². The molecule has 0 aromatic heterocycles. The first-order valence-electron chi connectivity index (χ1n) is 4.76. The molecular weight excluding hydrogens is 222 g/mol. The SMILES string of the molecule is CCOC(=O)C1CNC(SC)CC1Cl. The van der Waals surface area contributed by atoms with E-state index in [9.17, 15) is 4.79 Å². The molecule has 1 aliphatic heterocycles. The minimum Gasteiger partial charge on any atom is -0.466 e. The summed E-state index contributed by atoms with van der Waals surface area (Å²) in [6.07, 6.45) is 2.85. The zero-order valence-corrected chi connectivity index (χ0v) is 10.0. The lowest BCUT2D eigenvalue weighted by Gasteiger charge is -2.31. The molecule has 3 nitrogen and oxygen atoms in total. The number of carbonyl (C=O) groups excluding carboxylic acids is 1. The minimum atomic E-state index is -0.194. The Balaban J connectivity index is 2.45. The van der Waals surface area contributed by atoms with E-state index in [2.05, 4.69) is 5.32 Å². The molecule has 82 valence electrons. The molecule has 0 bridgehead atoms. The van der Waals surface area contributed by atoms with Gasteiger partial charge in [-0.2, -0.15) is 0 Å². The second-order valence-electron chi connectivity index (χ2n) is 3.24. The van der Waals surface area contributed by atoms with Crippen LogP contribution in [0.1, 0.15) is 13.3 Å². The smallest absolute Gasteiger partial charge is 0.311 e. The summed E-state index contributed by atoms with van der Waals surface area (Å²) >= 11 is 7.86. The monoisotopic (exact) mass is 237 g/mol. The van der Waals surface area contributed by atoms with Crippen molar-refractivity contribution in [3.8, 4) is 0 Å². The lowest BCUT2D eigenvalue weighted by atomic mass is 9.99. The van der Waals surface area contributed by atoms with Crippen LogP contribution in [-0.4, -0.2) is 36.1 Å². The Morgan fingerprint density at radius 1 is 1.71 bits per heavy atom. The van der Waals surface area contributed by atoms with Crippen molar-refractivity contribution in [2.45, 2.75) is 24.1 Å². The lowest BCUT2D eigenvalue weighted by Crippen LogP contribution is -2.46. The van der Waals surface area contributed by atoms with E-state index in [1.165, 1.54) is 0 Å². The molecule has 0 amide bonds. The van der Waals surface area contributed by atoms with Gasteiger partial charge in [-0.05, 0) is 19.6 Å². The highest BCUT2D eigenvalue weighted by atomic mass is 35.5. The average Bonchev–Trinajstić information content (AvgIpc) is 2.17. The number of thioether (sulfide) groups is 1. The molecule has 3 unspecified atom stereocenters. The Labute approximate surface area is 93.9 Å². The number of halogens is 1. The van der Waals surface area contributed by atoms with E-state index in [1.807, 2.05) is 13.2 Å². The summed E-state index contributed by atoms with van der Waals surface area (Å²) in [5, 5.41) is 3.53. The third-order valence-corrected chi connectivity index (χ3v) is 3.73. The second-order valence-corrected chi connectivity index (χ2v) is 4.84. The maximum Gasteiger partial charge on any atom is 0.311 e. The number of alkyl halides is 1. The molecule has 0 aromatic carbocycles. The quantitative estimate of drug-likeness (QED) is 0.596. The zero-order chi connectivity index (χ0) is 10.6. The predicted molar refractivity (Wildman–Crippen MR) is 59.7 cm³/mol. The number of hydrogen-bond donors (Lipinski definition) is 1. The van der Waals surface area contributed by atoms with Crippen LogP contribution < -0.4 is 5.32 Å². The van der Waals surface area contributed by atoms with E-state index >= 15 is 0 Å². The van der Waals surface area contributed by atoms with E-state index < -0.39 is 0 Å². The summed E-state index contributed by atoms with van der Waals surface area (Å²) in [4.78, 5) is 11.5. The number of carbonyl (C=O) groups is 1. The number of piperidine rings is 1. The Hall–Kier alpha value is 0.0700. The normalized spacial score (nSPS) is 32.6. The Bertz CT molecular complexity index is 203. The maximum absolute atomic E-state index is 11.5. The van der Waals surface area contributed by atoms with Crippen LogP contribution in [0, 0.1) is 5.92 Å². The van der Waals surface area contributed by atoms with E-state index in [1.54, 1.807) is 11.8 Å². The molecule has 0 spiro atoms. The number of hydrogen-bond acceptors (Lipinski definition) is 4. The van der Waals surface area contributed by atoms with Gasteiger partial charge in [-0.3, -0.25) is 4.79 Å². The van der Waals surface area contributed by atoms with Crippen molar-refractivity contribution in [1.82, 2.24) is 5.32 Å². The van der Waals surface area contributed by atoms with Gasteiger partial charge in [-0.15, -0.1) is 23.4 Å². The lowest BCUT2D eigenvalue weighted by molar-refractivity contribution is -0.148. The molecule has 0 aliphatic carbocycles. The van der Waals surface area contributed by atoms with Crippen molar-refractivity contribution in [3.63, 3.8) is 0 Å². The third-order valence-electron chi connectivity index (χ3n) is 2.32. The molecule has 1 N–H and O–H groups in total. The number of esters is 1. The second kappa shape index (κ2) is 5.83. The van der Waals surface area contributed by atoms with Crippen LogP contribution in [0.25, 0.3) is 0 Å². The van der Waals surface area contributed by atoms with E-state index in [4.69, 9.17) is 16.3 Å². The van der Waals surface area contributed by atoms with Gasteiger partial charge in [0.25, 0.3) is 0 Å². The minimum absolute atomic E-state index is 0.104. The molecule has 1 heterocycles. The van der Waals surface area contributed by atoms with Crippen molar-refractivity contribution < 1.29 is 9.53 Å². The zero-order valence-electron chi connectivity index (χ0n) is 8.46. The first-order valence-corrected chi connectivity index (χ1v) is 6.48. The summed E-state index contributed by atoms with van der Waals surface area (Å²) in [7, 11) is 0. The molecule has 5 heteroatoms. The number of rotatable bonds is 3. The maximum atomic E-state index is 11.5. The highest BCUT2D eigenvalue weighted by Gasteiger charge is 2.34. The molecule has 3 atom stereocenters. The Morgan fingerprint density at radius 3 is 2.93 bits per heavy atom. The first kappa shape index (κ1) is 12.1. The van der Waals surface area contributed by atoms with Crippen molar-refractivity contribution >= 4 is 29.3 Å². The highest BCUT2D eigenvalue weighted by molar-refractivity contribution is 7.99. The number of ether oxygens (including phenoxy) is 1. The van der Waals surface area contributed by atoms with Gasteiger partial charge in [0.2, 0.25) is 0 Å². The van der Waals surface area contributed by atoms with Gasteiger partial charge in [0.1, 0.15) is 0 Å². The molecule has 1 fully saturated rings. The Kier molecular flexibility index (Phi) is 5.06. The third kappa shape index (κ3) is 3.04. The highest BCUT2D eigenvalue weighted by Crippen LogP contribution is 2.26. The van der Waals surface area contributed by atoms with E-state index in [-0.39, 0.29) is 17.3 Å². The van der Waals surface area contributed by atoms with Crippen LogP contribution in [0.4, 0.5) is 0 Å². The molecule has 1 rings (SSSR count). The van der Waals surface area contributed by atoms with Crippen molar-refractivity contribution in [2.24, 2.45) is 5.92 Å². The van der Waals surface area contributed by atoms with Crippen LogP contribution in [0.15, 0.2) is 0 Å². The van der Waals surface area contributed by atoms with Gasteiger partial charge in [-0.1, -0.05) is 0 Å². The van der Waals surface area contributed by atoms with Crippen LogP contribution in [0.5, 0.6) is 0 Å². The first-order chi connectivity index (χ1) is 6.69. The average molecular weight is 238 g/mol. The predicted octanol–water partition coefficient (Wildman–Crippen LogP) is 1.46. The summed E-state index contributed by atoms with van der Waals surface area (Å²) in [5.41, 5.74) is 0. The van der Waals surface area contributed by atoms with Crippen LogP contribution in [0.2, 0.25) is 0 Å². The van der Waals surface area contributed by atoms with Crippen LogP contribution >= 0.6 is 23.4 Å².